The van der Waals surface area contributed by atoms with Gasteiger partial charge in [0, 0.05) is 19.6 Å². The van der Waals surface area contributed by atoms with Crippen LogP contribution < -0.4 is 0 Å². The van der Waals surface area contributed by atoms with Gasteiger partial charge in [0.2, 0.25) is 0 Å². The lowest BCUT2D eigenvalue weighted by molar-refractivity contribution is -0.137. The number of carbonyl (C=O) groups is 1. The van der Waals surface area contributed by atoms with E-state index in [9.17, 15) is 4.79 Å². The minimum absolute atomic E-state index is 0.261. The highest BCUT2D eigenvalue weighted by Gasteiger charge is 2.22. The Bertz CT molecular complexity index is 470. The summed E-state index contributed by atoms with van der Waals surface area (Å²) in [6.45, 7) is 4.70. The number of nitrogens with zero attached hydrogens (tertiary/aromatic N) is 1. The van der Waals surface area contributed by atoms with Crippen LogP contribution in [0.3, 0.4) is 0 Å². The fourth-order valence-corrected chi connectivity index (χ4v) is 2.42. The van der Waals surface area contributed by atoms with Gasteiger partial charge >= 0.3 is 5.97 Å². The smallest absolute Gasteiger partial charge is 0.349 e. The normalized spacial score (nSPS) is 18.4. The number of likely N-dealkylation sites (tertiary alicyclic amines) is 1. The number of esters is 1. The number of rotatable bonds is 4. The molecule has 4 heteroatoms. The summed E-state index contributed by atoms with van der Waals surface area (Å²) in [7, 11) is 0. The molecular formula is C15H18ClNO2. The molecule has 1 fully saturated rings. The Morgan fingerprint density at radius 1 is 1.37 bits per heavy atom. The monoisotopic (exact) mass is 279 g/mol. The molecule has 0 N–H and O–H groups in total. The van der Waals surface area contributed by atoms with Crippen molar-refractivity contribution >= 4 is 17.6 Å². The predicted molar refractivity (Wildman–Crippen MR) is 75.8 cm³/mol. The zero-order chi connectivity index (χ0) is 13.7. The van der Waals surface area contributed by atoms with Crippen molar-refractivity contribution in [3.8, 4) is 0 Å². The molecule has 19 heavy (non-hydrogen) atoms. The first-order chi connectivity index (χ1) is 9.20. The second-order valence-corrected chi connectivity index (χ2v) is 4.96. The van der Waals surface area contributed by atoms with Gasteiger partial charge in [-0.3, -0.25) is 4.90 Å². The van der Waals surface area contributed by atoms with Crippen LogP contribution in [0.2, 0.25) is 0 Å². The zero-order valence-corrected chi connectivity index (χ0v) is 11.8. The number of hydrogen-bond donors (Lipinski definition) is 0. The van der Waals surface area contributed by atoms with Crippen LogP contribution in [0, 0.1) is 0 Å². The van der Waals surface area contributed by atoms with Crippen molar-refractivity contribution in [3.05, 3.63) is 46.5 Å². The highest BCUT2D eigenvalue weighted by Crippen LogP contribution is 2.23. The van der Waals surface area contributed by atoms with Crippen LogP contribution in [-0.4, -0.2) is 30.6 Å². The quantitative estimate of drug-likeness (QED) is 0.627. The minimum atomic E-state index is -0.402. The molecule has 0 aliphatic carbocycles. The summed E-state index contributed by atoms with van der Waals surface area (Å²) in [5, 5.41) is 0.261. The van der Waals surface area contributed by atoms with Gasteiger partial charge in [0.15, 0.2) is 0 Å². The number of hydrogen-bond acceptors (Lipinski definition) is 3. The molecular weight excluding hydrogens is 262 g/mol. The molecule has 0 spiro atoms. The van der Waals surface area contributed by atoms with Crippen molar-refractivity contribution in [2.24, 2.45) is 0 Å². The van der Waals surface area contributed by atoms with Gasteiger partial charge in [0.25, 0.3) is 0 Å². The number of ether oxygens (including phenoxy) is 1. The Morgan fingerprint density at radius 2 is 2.11 bits per heavy atom. The van der Waals surface area contributed by atoms with Crippen LogP contribution in [0.4, 0.5) is 0 Å². The third kappa shape index (κ3) is 3.82. The summed E-state index contributed by atoms with van der Waals surface area (Å²) in [6.07, 6.45) is 0.838. The Morgan fingerprint density at radius 3 is 2.79 bits per heavy atom. The first-order valence-electron chi connectivity index (χ1n) is 6.51. The molecule has 0 saturated carbocycles. The van der Waals surface area contributed by atoms with Crippen LogP contribution in [0.25, 0.3) is 0 Å². The Hall–Kier alpha value is -1.32. The van der Waals surface area contributed by atoms with Crippen molar-refractivity contribution in [2.75, 3.05) is 19.7 Å². The van der Waals surface area contributed by atoms with Gasteiger partial charge in [-0.15, -0.1) is 0 Å². The maximum atomic E-state index is 11.6. The van der Waals surface area contributed by atoms with E-state index in [1.807, 2.05) is 18.2 Å². The molecule has 0 aromatic heterocycles. The van der Waals surface area contributed by atoms with Gasteiger partial charge in [0.05, 0.1) is 6.61 Å². The van der Waals surface area contributed by atoms with E-state index in [0.717, 1.165) is 31.6 Å². The maximum absolute atomic E-state index is 11.6. The highest BCUT2D eigenvalue weighted by molar-refractivity contribution is 6.41. The lowest BCUT2D eigenvalue weighted by atomic mass is 10.2. The Kier molecular flexibility index (Phi) is 5.00. The third-order valence-electron chi connectivity index (χ3n) is 3.16. The summed E-state index contributed by atoms with van der Waals surface area (Å²) in [5.74, 6) is -0.402. The van der Waals surface area contributed by atoms with E-state index in [1.54, 1.807) is 6.92 Å². The molecule has 0 radical (unpaired) electrons. The molecule has 1 aliphatic heterocycles. The molecule has 0 amide bonds. The maximum Gasteiger partial charge on any atom is 0.349 e. The fourth-order valence-electron chi connectivity index (χ4n) is 2.22. The molecule has 1 aliphatic rings. The molecule has 0 unspecified atom stereocenters. The van der Waals surface area contributed by atoms with E-state index < -0.39 is 5.97 Å². The lowest BCUT2D eigenvalue weighted by Crippen LogP contribution is -2.19. The second kappa shape index (κ2) is 6.73. The standard InChI is InChI=1S/C15H18ClNO2/c1-2-19-15(18)14(16)13-8-9-17(11-13)10-12-6-4-3-5-7-12/h3-7H,2,8-11H2,1H3. The molecule has 3 nitrogen and oxygen atoms in total. The molecule has 1 heterocycles. The van der Waals surface area contributed by atoms with E-state index in [-0.39, 0.29) is 5.03 Å². The Labute approximate surface area is 118 Å². The van der Waals surface area contributed by atoms with E-state index in [0.29, 0.717) is 6.61 Å². The predicted octanol–water partition coefficient (Wildman–Crippen LogP) is 2.95. The van der Waals surface area contributed by atoms with Gasteiger partial charge in [-0.2, -0.15) is 0 Å². The highest BCUT2D eigenvalue weighted by atomic mass is 35.5. The zero-order valence-electron chi connectivity index (χ0n) is 11.1. The number of benzene rings is 1. The van der Waals surface area contributed by atoms with Crippen LogP contribution in [0.15, 0.2) is 40.9 Å². The van der Waals surface area contributed by atoms with E-state index in [1.165, 1.54) is 5.56 Å². The first kappa shape index (κ1) is 14.1. The van der Waals surface area contributed by atoms with Crippen LogP contribution >= 0.6 is 11.6 Å². The van der Waals surface area contributed by atoms with Gasteiger partial charge in [-0.25, -0.2) is 4.79 Å². The fraction of sp³-hybridized carbons (Fsp3) is 0.400. The van der Waals surface area contributed by atoms with Crippen molar-refractivity contribution in [1.29, 1.82) is 0 Å². The molecule has 0 atom stereocenters. The summed E-state index contributed by atoms with van der Waals surface area (Å²) in [5.41, 5.74) is 2.26. The van der Waals surface area contributed by atoms with Crippen molar-refractivity contribution in [3.63, 3.8) is 0 Å². The van der Waals surface area contributed by atoms with Gasteiger partial charge in [-0.05, 0) is 24.5 Å². The first-order valence-corrected chi connectivity index (χ1v) is 6.89. The van der Waals surface area contributed by atoms with Crippen molar-refractivity contribution in [1.82, 2.24) is 4.90 Å². The van der Waals surface area contributed by atoms with Crippen LogP contribution in [0.1, 0.15) is 18.9 Å². The number of carbonyl (C=O) groups excluding carboxylic acids is 1. The van der Waals surface area contributed by atoms with Crippen LogP contribution in [0.5, 0.6) is 0 Å². The Balaban J connectivity index is 1.96. The van der Waals surface area contributed by atoms with Gasteiger partial charge in [-0.1, -0.05) is 41.9 Å². The molecule has 1 aromatic carbocycles. The van der Waals surface area contributed by atoms with E-state index >= 15 is 0 Å². The molecule has 0 bridgehead atoms. The topological polar surface area (TPSA) is 29.5 Å². The molecule has 2 rings (SSSR count). The minimum Gasteiger partial charge on any atom is -0.462 e. The lowest BCUT2D eigenvalue weighted by Gasteiger charge is -2.14. The summed E-state index contributed by atoms with van der Waals surface area (Å²) in [6, 6.07) is 10.3. The molecule has 1 saturated heterocycles. The van der Waals surface area contributed by atoms with Crippen molar-refractivity contribution in [2.45, 2.75) is 19.9 Å². The van der Waals surface area contributed by atoms with E-state index in [4.69, 9.17) is 16.3 Å². The largest absolute Gasteiger partial charge is 0.462 e. The van der Waals surface area contributed by atoms with Crippen molar-refractivity contribution < 1.29 is 9.53 Å². The summed E-state index contributed by atoms with van der Waals surface area (Å²) in [4.78, 5) is 13.8. The average molecular weight is 280 g/mol. The SMILES string of the molecule is CCOC(=O)C(Cl)=C1CCN(Cc2ccccc2)C1. The molecule has 1 aromatic rings. The van der Waals surface area contributed by atoms with Crippen LogP contribution in [-0.2, 0) is 16.1 Å². The van der Waals surface area contributed by atoms with E-state index in [2.05, 4.69) is 17.0 Å². The summed E-state index contributed by atoms with van der Waals surface area (Å²) >= 11 is 6.06. The van der Waals surface area contributed by atoms with Gasteiger partial charge < -0.3 is 4.74 Å². The van der Waals surface area contributed by atoms with Gasteiger partial charge in [0.1, 0.15) is 5.03 Å². The average Bonchev–Trinajstić information content (AvgIpc) is 2.88. The second-order valence-electron chi connectivity index (χ2n) is 4.58. The summed E-state index contributed by atoms with van der Waals surface area (Å²) < 4.78 is 4.92. The third-order valence-corrected chi connectivity index (χ3v) is 3.58. The molecule has 102 valence electrons. The number of halogens is 1.